The molecule has 1 unspecified atom stereocenters. The average molecular weight is 227 g/mol. The van der Waals surface area contributed by atoms with Crippen LogP contribution in [0.4, 0.5) is 11.4 Å². The van der Waals surface area contributed by atoms with Gasteiger partial charge in [0.2, 0.25) is 0 Å². The van der Waals surface area contributed by atoms with Crippen molar-refractivity contribution >= 4 is 23.7 Å². The maximum Gasteiger partial charge on any atom is 0.309 e. The van der Waals surface area contributed by atoms with Gasteiger partial charge in [0.15, 0.2) is 12.0 Å². The molecule has 0 aliphatic carbocycles. The Morgan fingerprint density at radius 1 is 1.40 bits per heavy atom. The van der Waals surface area contributed by atoms with E-state index in [1.54, 1.807) is 6.34 Å². The molecule has 0 bridgehead atoms. The zero-order valence-corrected chi connectivity index (χ0v) is 8.74. The molecule has 1 aromatic carbocycles. The highest BCUT2D eigenvalue weighted by molar-refractivity contribution is 5.72. The van der Waals surface area contributed by atoms with Crippen molar-refractivity contribution in [1.29, 1.82) is 0 Å². The molecule has 0 radical (unpaired) electrons. The molecule has 0 amide bonds. The van der Waals surface area contributed by atoms with Gasteiger partial charge < -0.3 is 17.5 Å². The van der Waals surface area contributed by atoms with Crippen molar-refractivity contribution in [3.63, 3.8) is 0 Å². The van der Waals surface area contributed by atoms with Crippen LogP contribution in [0.15, 0.2) is 29.3 Å². The average Bonchev–Trinajstić information content (AvgIpc) is 2.58. The third-order valence-corrected chi connectivity index (χ3v) is 2.22. The van der Waals surface area contributed by atoms with Gasteiger partial charge in [0, 0.05) is 6.07 Å². The van der Waals surface area contributed by atoms with Gasteiger partial charge in [0.05, 0.1) is 13.0 Å². The minimum Gasteiger partial charge on any atom is -1.00 e. The molecule has 5 heteroatoms. The van der Waals surface area contributed by atoms with Gasteiger partial charge in [-0.25, -0.2) is 0 Å². The lowest BCUT2D eigenvalue weighted by atomic mass is 10.2. The summed E-state index contributed by atoms with van der Waals surface area (Å²) >= 11 is 0. The Kier molecular flexibility index (Phi) is 3.82. The summed E-state index contributed by atoms with van der Waals surface area (Å²) in [6, 6.07) is 7.77. The van der Waals surface area contributed by atoms with E-state index in [1.165, 1.54) is 0 Å². The molecule has 0 spiro atoms. The van der Waals surface area contributed by atoms with E-state index in [0.29, 0.717) is 6.54 Å². The second kappa shape index (κ2) is 4.91. The number of nitrogens with zero attached hydrogens (tertiary/aromatic N) is 1. The summed E-state index contributed by atoms with van der Waals surface area (Å²) in [5.41, 5.74) is 2.00. The minimum atomic E-state index is -0.768. The number of para-hydroxylation sites is 2. The van der Waals surface area contributed by atoms with Crippen LogP contribution in [0.2, 0.25) is 0 Å². The Morgan fingerprint density at radius 2 is 2.13 bits per heavy atom. The van der Waals surface area contributed by atoms with Crippen LogP contribution in [0, 0.1) is 0 Å². The highest BCUT2D eigenvalue weighted by Gasteiger charge is 2.20. The summed E-state index contributed by atoms with van der Waals surface area (Å²) in [5.74, 6) is -0.768. The van der Waals surface area contributed by atoms with Crippen molar-refractivity contribution in [3.8, 4) is 0 Å². The number of hydrogen-bond acceptors (Lipinski definition) is 2. The first-order valence-electron chi connectivity index (χ1n) is 4.48. The summed E-state index contributed by atoms with van der Waals surface area (Å²) in [6.45, 7) is 0.551. The lowest BCUT2D eigenvalue weighted by Gasteiger charge is -2.07. The summed E-state index contributed by atoms with van der Waals surface area (Å²) in [7, 11) is 0. The molecule has 0 aromatic heterocycles. The van der Waals surface area contributed by atoms with E-state index in [4.69, 9.17) is 5.11 Å². The molecule has 2 rings (SSSR count). The number of nitrogens with one attached hydrogen (secondary N) is 1. The van der Waals surface area contributed by atoms with E-state index in [-0.39, 0.29) is 18.8 Å². The number of carbonyl (C=O) groups is 1. The molecule has 1 heterocycles. The van der Waals surface area contributed by atoms with Crippen LogP contribution >= 0.6 is 0 Å². The number of hydrogen-bond donors (Lipinski definition) is 2. The lowest BCUT2D eigenvalue weighted by Crippen LogP contribution is -3.05. The fourth-order valence-electron chi connectivity index (χ4n) is 1.52. The summed E-state index contributed by atoms with van der Waals surface area (Å²) in [6.07, 6.45) is 1.92. The van der Waals surface area contributed by atoms with Gasteiger partial charge in [0.25, 0.3) is 0 Å². The third kappa shape index (κ3) is 2.55. The normalized spacial score (nSPS) is 16.9. The number of fused-ring (bicyclic) bond motifs is 1. The van der Waals surface area contributed by atoms with Gasteiger partial charge >= 0.3 is 5.97 Å². The molecule has 0 saturated carbocycles. The van der Waals surface area contributed by atoms with Gasteiger partial charge in [-0.2, -0.15) is 4.99 Å². The number of aliphatic imine (C=N–C) groups is 1. The Balaban J connectivity index is 0.00000112. The molecule has 1 aliphatic heterocycles. The number of halogens is 1. The van der Waals surface area contributed by atoms with Gasteiger partial charge in [0.1, 0.15) is 5.69 Å². The van der Waals surface area contributed by atoms with E-state index in [9.17, 15) is 4.79 Å². The van der Waals surface area contributed by atoms with Crippen LogP contribution in [-0.2, 0) is 4.79 Å². The minimum absolute atomic E-state index is 0. The van der Waals surface area contributed by atoms with Crippen molar-refractivity contribution < 1.29 is 27.2 Å². The topological polar surface area (TPSA) is 54.1 Å². The molecule has 1 atom stereocenters. The molecule has 1 aliphatic rings. The Bertz CT molecular complexity index is 393. The molecule has 0 fully saturated rings. The Morgan fingerprint density at radius 3 is 2.87 bits per heavy atom. The first-order chi connectivity index (χ1) is 6.77. The van der Waals surface area contributed by atoms with Gasteiger partial charge in [-0.15, -0.1) is 0 Å². The SMILES string of the molecule is O=C(O)CC[NH+]1C=Nc2ccccc21.[Cl-]. The van der Waals surface area contributed by atoms with E-state index in [0.717, 1.165) is 16.3 Å². The third-order valence-electron chi connectivity index (χ3n) is 2.22. The quantitative estimate of drug-likeness (QED) is 0.592. The maximum atomic E-state index is 10.4. The van der Waals surface area contributed by atoms with Crippen molar-refractivity contribution in [1.82, 2.24) is 0 Å². The van der Waals surface area contributed by atoms with Crippen molar-refractivity contribution in [3.05, 3.63) is 24.3 Å². The molecule has 2 N–H and O–H groups in total. The molecule has 15 heavy (non-hydrogen) atoms. The van der Waals surface area contributed by atoms with Gasteiger partial charge in [-0.3, -0.25) is 9.69 Å². The highest BCUT2D eigenvalue weighted by atomic mass is 35.5. The van der Waals surface area contributed by atoms with Crippen LogP contribution < -0.4 is 17.3 Å². The zero-order chi connectivity index (χ0) is 9.97. The second-order valence-electron chi connectivity index (χ2n) is 3.19. The summed E-state index contributed by atoms with van der Waals surface area (Å²) < 4.78 is 0. The second-order valence-corrected chi connectivity index (χ2v) is 3.19. The van der Waals surface area contributed by atoms with Crippen molar-refractivity contribution in [2.24, 2.45) is 4.99 Å². The predicted octanol–water partition coefficient (Wildman–Crippen LogP) is -2.64. The smallest absolute Gasteiger partial charge is 0.309 e. The monoisotopic (exact) mass is 226 g/mol. The van der Waals surface area contributed by atoms with Crippen LogP contribution in [0.1, 0.15) is 6.42 Å². The van der Waals surface area contributed by atoms with Crippen molar-refractivity contribution in [2.75, 3.05) is 6.54 Å². The highest BCUT2D eigenvalue weighted by Crippen LogP contribution is 2.22. The van der Waals surface area contributed by atoms with E-state index < -0.39 is 5.97 Å². The lowest BCUT2D eigenvalue weighted by molar-refractivity contribution is -0.719. The molecule has 4 nitrogen and oxygen atoms in total. The first-order valence-corrected chi connectivity index (χ1v) is 4.48. The molecular weight excluding hydrogens is 216 g/mol. The fourth-order valence-corrected chi connectivity index (χ4v) is 1.52. The number of carboxylic acid groups (broad SMARTS) is 1. The first kappa shape index (κ1) is 11.7. The van der Waals surface area contributed by atoms with Crippen molar-refractivity contribution in [2.45, 2.75) is 6.42 Å². The predicted molar refractivity (Wildman–Crippen MR) is 52.3 cm³/mol. The largest absolute Gasteiger partial charge is 1.00 e. The maximum absolute atomic E-state index is 10.4. The Hall–Kier alpha value is -1.39. The number of quaternary nitrogens is 1. The molecule has 80 valence electrons. The van der Waals surface area contributed by atoms with E-state index in [2.05, 4.69) is 4.99 Å². The standard InChI is InChI=1S/C10H10N2O2.ClH/c13-10(14)5-6-12-7-11-8-3-1-2-4-9(8)12;/h1-4,7H,5-6H2,(H,13,14);1H. The zero-order valence-electron chi connectivity index (χ0n) is 7.98. The van der Waals surface area contributed by atoms with Crippen LogP contribution in [0.5, 0.6) is 0 Å². The van der Waals surface area contributed by atoms with E-state index >= 15 is 0 Å². The van der Waals surface area contributed by atoms with E-state index in [1.807, 2.05) is 24.3 Å². The number of rotatable bonds is 3. The number of aliphatic carboxylic acids is 1. The molecule has 1 aromatic rings. The van der Waals surface area contributed by atoms with Crippen LogP contribution in [0.3, 0.4) is 0 Å². The van der Waals surface area contributed by atoms with Crippen LogP contribution in [-0.4, -0.2) is 24.0 Å². The molecule has 0 saturated heterocycles. The van der Waals surface area contributed by atoms with Gasteiger partial charge in [-0.1, -0.05) is 12.1 Å². The Labute approximate surface area is 93.6 Å². The summed E-state index contributed by atoms with van der Waals surface area (Å²) in [4.78, 5) is 15.6. The number of benzene rings is 1. The molecular formula is C10H11ClN2O2. The van der Waals surface area contributed by atoms with Crippen LogP contribution in [0.25, 0.3) is 0 Å². The number of carboxylic acids is 1. The van der Waals surface area contributed by atoms with Gasteiger partial charge in [-0.05, 0) is 6.07 Å². The fraction of sp³-hybridized carbons (Fsp3) is 0.200. The summed E-state index contributed by atoms with van der Waals surface area (Å²) in [5, 5.41) is 8.56.